The second-order valence-electron chi connectivity index (χ2n) is 6.73. The lowest BCUT2D eigenvalue weighted by Gasteiger charge is -2.15. The number of nitrogens with zero attached hydrogens (tertiary/aromatic N) is 1. The van der Waals surface area contributed by atoms with Gasteiger partial charge in [-0.05, 0) is 24.1 Å². The van der Waals surface area contributed by atoms with Gasteiger partial charge in [0, 0.05) is 37.2 Å². The predicted octanol–water partition coefficient (Wildman–Crippen LogP) is 3.99. The van der Waals surface area contributed by atoms with E-state index in [0.29, 0.717) is 28.6 Å². The summed E-state index contributed by atoms with van der Waals surface area (Å²) in [4.78, 5) is 4.15. The van der Waals surface area contributed by atoms with Gasteiger partial charge in [0.05, 0.1) is 0 Å². The van der Waals surface area contributed by atoms with Crippen LogP contribution in [0.3, 0.4) is 0 Å². The van der Waals surface area contributed by atoms with Crippen molar-refractivity contribution in [3.63, 3.8) is 0 Å². The van der Waals surface area contributed by atoms with Crippen molar-refractivity contribution in [3.05, 3.63) is 53.3 Å². The molecule has 10 heteroatoms. The fourth-order valence-electron chi connectivity index (χ4n) is 3.33. The van der Waals surface area contributed by atoms with E-state index in [4.69, 9.17) is 9.47 Å². The second-order valence-corrected chi connectivity index (χ2v) is 6.73. The standard InChI is InChI=1S/C20H20F3N3O3.HI/c1-24-20(26-15-7-13(15)12-4-2-3-5-14(12)21)25-9-11-6-17-18(28-10-27-17)8-16(11)29-19(22)23;/h2-6,8,13,15,19H,7,9-10H2,1H3,(H2,24,25,26);1H. The van der Waals surface area contributed by atoms with Crippen molar-refractivity contribution < 1.29 is 27.4 Å². The Morgan fingerprint density at radius 3 is 2.67 bits per heavy atom. The molecule has 1 saturated carbocycles. The van der Waals surface area contributed by atoms with Gasteiger partial charge in [-0.2, -0.15) is 8.78 Å². The summed E-state index contributed by atoms with van der Waals surface area (Å²) in [6.45, 7) is -2.75. The van der Waals surface area contributed by atoms with Gasteiger partial charge in [-0.1, -0.05) is 18.2 Å². The molecule has 30 heavy (non-hydrogen) atoms. The average Bonchev–Trinajstić information content (AvgIpc) is 3.30. The number of hydrogen-bond acceptors (Lipinski definition) is 4. The highest BCUT2D eigenvalue weighted by Crippen LogP contribution is 2.42. The molecule has 2 aromatic carbocycles. The van der Waals surface area contributed by atoms with E-state index in [0.717, 1.165) is 6.42 Å². The van der Waals surface area contributed by atoms with Crippen LogP contribution in [0.2, 0.25) is 0 Å². The minimum Gasteiger partial charge on any atom is -0.454 e. The van der Waals surface area contributed by atoms with E-state index in [-0.39, 0.29) is 60.8 Å². The molecule has 0 radical (unpaired) electrons. The third-order valence-corrected chi connectivity index (χ3v) is 4.86. The second kappa shape index (κ2) is 9.63. The van der Waals surface area contributed by atoms with E-state index in [1.54, 1.807) is 25.2 Å². The first-order chi connectivity index (χ1) is 14.0. The third-order valence-electron chi connectivity index (χ3n) is 4.86. The molecule has 1 aliphatic carbocycles. The highest BCUT2D eigenvalue weighted by molar-refractivity contribution is 14.0. The van der Waals surface area contributed by atoms with Crippen LogP contribution in [0.25, 0.3) is 0 Å². The van der Waals surface area contributed by atoms with Crippen molar-refractivity contribution in [2.24, 2.45) is 4.99 Å². The zero-order valence-electron chi connectivity index (χ0n) is 16.0. The van der Waals surface area contributed by atoms with Crippen LogP contribution in [0.5, 0.6) is 17.2 Å². The lowest BCUT2D eigenvalue weighted by Crippen LogP contribution is -2.38. The first-order valence-electron chi connectivity index (χ1n) is 9.14. The minimum atomic E-state index is -2.96. The van der Waals surface area contributed by atoms with Crippen LogP contribution in [-0.2, 0) is 6.54 Å². The van der Waals surface area contributed by atoms with Gasteiger partial charge in [0.2, 0.25) is 6.79 Å². The molecule has 2 aromatic rings. The number of ether oxygens (including phenoxy) is 3. The van der Waals surface area contributed by atoms with Gasteiger partial charge in [-0.3, -0.25) is 4.99 Å². The van der Waals surface area contributed by atoms with Crippen LogP contribution >= 0.6 is 24.0 Å². The number of alkyl halides is 2. The fraction of sp³-hybridized carbons (Fsp3) is 0.350. The number of benzene rings is 2. The Kier molecular flexibility index (Phi) is 7.16. The molecule has 1 fully saturated rings. The number of nitrogens with one attached hydrogen (secondary N) is 2. The summed E-state index contributed by atoms with van der Waals surface area (Å²) in [5, 5.41) is 6.30. The zero-order valence-corrected chi connectivity index (χ0v) is 18.4. The van der Waals surface area contributed by atoms with Crippen molar-refractivity contribution in [1.82, 2.24) is 10.6 Å². The molecule has 2 unspecified atom stereocenters. The summed E-state index contributed by atoms with van der Waals surface area (Å²) < 4.78 is 54.6. The maximum Gasteiger partial charge on any atom is 0.387 e. The monoisotopic (exact) mass is 535 g/mol. The number of rotatable bonds is 6. The Balaban J connectivity index is 0.00000256. The Bertz CT molecular complexity index is 929. The first kappa shape index (κ1) is 22.3. The third kappa shape index (κ3) is 5.02. The highest BCUT2D eigenvalue weighted by Gasteiger charge is 2.40. The van der Waals surface area contributed by atoms with Crippen molar-refractivity contribution >= 4 is 29.9 Å². The van der Waals surface area contributed by atoms with E-state index in [1.807, 2.05) is 6.07 Å². The summed E-state index contributed by atoms with van der Waals surface area (Å²) in [6.07, 6.45) is 0.783. The van der Waals surface area contributed by atoms with E-state index < -0.39 is 6.61 Å². The highest BCUT2D eigenvalue weighted by atomic mass is 127. The molecule has 0 aromatic heterocycles. The summed E-state index contributed by atoms with van der Waals surface area (Å²) >= 11 is 0. The first-order valence-corrected chi connectivity index (χ1v) is 9.14. The average molecular weight is 535 g/mol. The van der Waals surface area contributed by atoms with Crippen molar-refractivity contribution in [3.8, 4) is 17.2 Å². The molecule has 162 valence electrons. The number of aliphatic imine (C=N–C) groups is 1. The minimum absolute atomic E-state index is 0. The lowest BCUT2D eigenvalue weighted by atomic mass is 10.1. The Hall–Kier alpha value is -2.37. The van der Waals surface area contributed by atoms with Gasteiger partial charge in [0.15, 0.2) is 17.5 Å². The fourth-order valence-corrected chi connectivity index (χ4v) is 3.33. The normalized spacial score (nSPS) is 19.3. The summed E-state index contributed by atoms with van der Waals surface area (Å²) in [5.74, 6) is 1.15. The predicted molar refractivity (Wildman–Crippen MR) is 115 cm³/mol. The summed E-state index contributed by atoms with van der Waals surface area (Å²) in [5.41, 5.74) is 1.14. The lowest BCUT2D eigenvalue weighted by molar-refractivity contribution is -0.0505. The van der Waals surface area contributed by atoms with Crippen molar-refractivity contribution in [1.29, 1.82) is 0 Å². The molecule has 1 heterocycles. The molecule has 4 rings (SSSR count). The maximum atomic E-state index is 13.9. The molecular weight excluding hydrogens is 514 g/mol. The van der Waals surface area contributed by atoms with Gasteiger partial charge in [0.1, 0.15) is 11.6 Å². The quantitative estimate of drug-likeness (QED) is 0.333. The van der Waals surface area contributed by atoms with Crippen LogP contribution in [0, 0.1) is 5.82 Å². The van der Waals surface area contributed by atoms with Crippen LogP contribution < -0.4 is 24.8 Å². The molecule has 0 amide bonds. The zero-order chi connectivity index (χ0) is 20.4. The summed E-state index contributed by atoms with van der Waals surface area (Å²) in [7, 11) is 1.60. The molecule has 2 aliphatic rings. The molecular formula is C20H21F3IN3O3. The molecule has 2 atom stereocenters. The van der Waals surface area contributed by atoms with E-state index in [2.05, 4.69) is 20.4 Å². The Morgan fingerprint density at radius 1 is 1.23 bits per heavy atom. The largest absolute Gasteiger partial charge is 0.454 e. The topological polar surface area (TPSA) is 64.1 Å². The molecule has 0 saturated heterocycles. The van der Waals surface area contributed by atoms with E-state index in [1.165, 1.54) is 12.1 Å². The van der Waals surface area contributed by atoms with E-state index >= 15 is 0 Å². The molecule has 2 N–H and O–H groups in total. The Labute approximate surface area is 188 Å². The molecule has 0 bridgehead atoms. The van der Waals surface area contributed by atoms with Crippen LogP contribution in [0.4, 0.5) is 13.2 Å². The van der Waals surface area contributed by atoms with Crippen LogP contribution in [0.15, 0.2) is 41.4 Å². The van der Waals surface area contributed by atoms with Gasteiger partial charge < -0.3 is 24.8 Å². The van der Waals surface area contributed by atoms with Gasteiger partial charge >= 0.3 is 6.61 Å². The maximum absolute atomic E-state index is 13.9. The van der Waals surface area contributed by atoms with E-state index in [9.17, 15) is 13.2 Å². The van der Waals surface area contributed by atoms with Gasteiger partial charge in [-0.15, -0.1) is 24.0 Å². The molecule has 6 nitrogen and oxygen atoms in total. The van der Waals surface area contributed by atoms with Gasteiger partial charge in [-0.25, -0.2) is 4.39 Å². The number of guanidine groups is 1. The van der Waals surface area contributed by atoms with Gasteiger partial charge in [0.25, 0.3) is 0 Å². The summed E-state index contributed by atoms with van der Waals surface area (Å²) in [6, 6.07) is 9.72. The SMILES string of the molecule is CN=C(NCc1cc2c(cc1OC(F)F)OCO2)NC1CC1c1ccccc1F.I. The number of fused-ring (bicyclic) bond motifs is 1. The van der Waals surface area contributed by atoms with Crippen molar-refractivity contribution in [2.45, 2.75) is 31.5 Å². The number of halogens is 4. The van der Waals surface area contributed by atoms with Crippen LogP contribution in [0.1, 0.15) is 23.5 Å². The Morgan fingerprint density at radius 2 is 1.97 bits per heavy atom. The van der Waals surface area contributed by atoms with Crippen LogP contribution in [-0.4, -0.2) is 32.5 Å². The molecule has 1 aliphatic heterocycles. The number of hydrogen-bond donors (Lipinski definition) is 2. The molecule has 0 spiro atoms. The smallest absolute Gasteiger partial charge is 0.387 e. The van der Waals surface area contributed by atoms with Crippen molar-refractivity contribution in [2.75, 3.05) is 13.8 Å².